The fraction of sp³-hybridized carbons (Fsp3) is 0.348. The second kappa shape index (κ2) is 6.60. The van der Waals surface area contributed by atoms with E-state index >= 15 is 0 Å². The van der Waals surface area contributed by atoms with E-state index in [0.717, 1.165) is 0 Å². The zero-order valence-electron chi connectivity index (χ0n) is 15.3. The van der Waals surface area contributed by atoms with Crippen molar-refractivity contribution in [2.75, 3.05) is 0 Å². The van der Waals surface area contributed by atoms with Crippen LogP contribution in [0.3, 0.4) is 0 Å². The number of allylic oxidation sites excluding steroid dienone is 1. The van der Waals surface area contributed by atoms with E-state index in [1.807, 2.05) is 0 Å². The van der Waals surface area contributed by atoms with Gasteiger partial charge >= 0.3 is 0 Å². The van der Waals surface area contributed by atoms with E-state index in [1.54, 1.807) is 0 Å². The minimum absolute atomic E-state index is 0.0764. The highest BCUT2D eigenvalue weighted by Crippen LogP contribution is 2.39. The lowest BCUT2D eigenvalue weighted by molar-refractivity contribution is 0.363. The Hall–Kier alpha value is -2.04. The molecular formula is C23H28. The van der Waals surface area contributed by atoms with E-state index in [1.165, 1.54) is 22.3 Å². The Labute approximate surface area is 141 Å². The van der Waals surface area contributed by atoms with Gasteiger partial charge in [0.15, 0.2) is 0 Å². The standard InChI is InChI=1S/C23H28/c1-22(2,3)21(23(4,5)6)17-20(18-13-9-7-10-14-18)19-15-11-8-12-16-19/h7-16H,1-6H3. The first-order chi connectivity index (χ1) is 10.7. The van der Waals surface area contributed by atoms with Gasteiger partial charge in [-0.1, -0.05) is 102 Å². The Bertz CT molecular complexity index is 641. The van der Waals surface area contributed by atoms with Gasteiger partial charge in [-0.3, -0.25) is 0 Å². The van der Waals surface area contributed by atoms with E-state index in [4.69, 9.17) is 0 Å². The van der Waals surface area contributed by atoms with Crippen LogP contribution in [0.25, 0.3) is 5.57 Å². The van der Waals surface area contributed by atoms with Crippen LogP contribution < -0.4 is 0 Å². The smallest absolute Gasteiger partial charge is 0.0309 e. The fourth-order valence-electron chi connectivity index (χ4n) is 3.15. The molecule has 2 aromatic rings. The van der Waals surface area contributed by atoms with E-state index in [-0.39, 0.29) is 10.8 Å². The molecule has 0 bridgehead atoms. The van der Waals surface area contributed by atoms with Crippen LogP contribution in [0.15, 0.2) is 72.0 Å². The summed E-state index contributed by atoms with van der Waals surface area (Å²) in [6.45, 7) is 13.6. The number of benzene rings is 2. The second-order valence-electron chi connectivity index (χ2n) is 8.11. The first kappa shape index (κ1) is 17.3. The summed E-state index contributed by atoms with van der Waals surface area (Å²) in [4.78, 5) is 0. The number of hydrogen-bond donors (Lipinski definition) is 0. The summed E-state index contributed by atoms with van der Waals surface area (Å²) in [5.74, 6) is 0. The molecule has 0 amide bonds. The Morgan fingerprint density at radius 2 is 0.957 bits per heavy atom. The third-order valence-corrected chi connectivity index (χ3v) is 3.87. The van der Waals surface area contributed by atoms with Gasteiger partial charge in [0.1, 0.15) is 0 Å². The van der Waals surface area contributed by atoms with E-state index < -0.39 is 0 Å². The van der Waals surface area contributed by atoms with Crippen molar-refractivity contribution in [2.45, 2.75) is 41.5 Å². The number of hydrogen-bond acceptors (Lipinski definition) is 0. The van der Waals surface area contributed by atoms with Gasteiger partial charge in [0.2, 0.25) is 0 Å². The van der Waals surface area contributed by atoms with Gasteiger partial charge in [-0.05, 0) is 27.5 Å². The lowest BCUT2D eigenvalue weighted by Gasteiger charge is -2.32. The van der Waals surface area contributed by atoms with Gasteiger partial charge in [0, 0.05) is 5.57 Å². The summed E-state index contributed by atoms with van der Waals surface area (Å²) in [7, 11) is 0. The van der Waals surface area contributed by atoms with Crippen molar-refractivity contribution in [3.8, 4) is 0 Å². The van der Waals surface area contributed by atoms with Crippen LogP contribution in [0.2, 0.25) is 0 Å². The molecule has 23 heavy (non-hydrogen) atoms. The zero-order chi connectivity index (χ0) is 17.1. The Morgan fingerprint density at radius 3 is 1.26 bits per heavy atom. The molecule has 2 rings (SSSR count). The monoisotopic (exact) mass is 304 g/mol. The molecule has 0 aliphatic heterocycles. The van der Waals surface area contributed by atoms with Gasteiger partial charge in [-0.15, -0.1) is 5.73 Å². The summed E-state index contributed by atoms with van der Waals surface area (Å²) in [5, 5.41) is 0. The Kier molecular flexibility index (Phi) is 4.97. The van der Waals surface area contributed by atoms with Crippen molar-refractivity contribution < 1.29 is 0 Å². The predicted octanol–water partition coefficient (Wildman–Crippen LogP) is 6.74. The maximum Gasteiger partial charge on any atom is 0.0309 e. The zero-order valence-corrected chi connectivity index (χ0v) is 15.3. The van der Waals surface area contributed by atoms with Crippen LogP contribution in [-0.2, 0) is 0 Å². The van der Waals surface area contributed by atoms with Crippen LogP contribution >= 0.6 is 0 Å². The van der Waals surface area contributed by atoms with Gasteiger partial charge < -0.3 is 0 Å². The van der Waals surface area contributed by atoms with E-state index in [9.17, 15) is 0 Å². The lowest BCUT2D eigenvalue weighted by Crippen LogP contribution is -2.21. The van der Waals surface area contributed by atoms with Crippen molar-refractivity contribution in [3.63, 3.8) is 0 Å². The van der Waals surface area contributed by atoms with Crippen molar-refractivity contribution in [3.05, 3.63) is 83.1 Å². The molecule has 0 saturated heterocycles. The molecule has 2 aromatic carbocycles. The molecule has 0 saturated carbocycles. The summed E-state index contributed by atoms with van der Waals surface area (Å²) >= 11 is 0. The van der Waals surface area contributed by atoms with Gasteiger partial charge in [-0.25, -0.2) is 0 Å². The molecule has 0 radical (unpaired) electrons. The van der Waals surface area contributed by atoms with Crippen LogP contribution in [-0.4, -0.2) is 0 Å². The molecule has 0 heteroatoms. The molecule has 120 valence electrons. The summed E-state index contributed by atoms with van der Waals surface area (Å²) in [6.07, 6.45) is 0. The van der Waals surface area contributed by atoms with Crippen molar-refractivity contribution >= 4 is 5.57 Å². The summed E-state index contributed by atoms with van der Waals surface area (Å²) in [5.41, 5.74) is 8.89. The van der Waals surface area contributed by atoms with Gasteiger partial charge in [0.05, 0.1) is 0 Å². The van der Waals surface area contributed by atoms with Crippen LogP contribution in [0, 0.1) is 10.8 Å². The fourth-order valence-corrected chi connectivity index (χ4v) is 3.15. The average Bonchev–Trinajstić information content (AvgIpc) is 2.47. The first-order valence-electron chi connectivity index (χ1n) is 8.32. The lowest BCUT2D eigenvalue weighted by atomic mass is 9.72. The first-order valence-corrected chi connectivity index (χ1v) is 8.32. The molecule has 0 atom stereocenters. The maximum absolute atomic E-state index is 3.80. The molecule has 0 unspecified atom stereocenters. The second-order valence-corrected chi connectivity index (χ2v) is 8.11. The van der Waals surface area contributed by atoms with E-state index in [0.29, 0.717) is 0 Å². The molecule has 0 nitrogen and oxygen atoms in total. The molecule has 0 heterocycles. The van der Waals surface area contributed by atoms with E-state index in [2.05, 4.69) is 108 Å². The van der Waals surface area contributed by atoms with Crippen LogP contribution in [0.5, 0.6) is 0 Å². The minimum atomic E-state index is 0.0764. The topological polar surface area (TPSA) is 0 Å². The Morgan fingerprint density at radius 1 is 0.609 bits per heavy atom. The molecular weight excluding hydrogens is 276 g/mol. The minimum Gasteiger partial charge on any atom is -0.111 e. The summed E-state index contributed by atoms with van der Waals surface area (Å²) in [6, 6.07) is 21.1. The largest absolute Gasteiger partial charge is 0.111 e. The number of rotatable bonds is 2. The van der Waals surface area contributed by atoms with Crippen LogP contribution in [0.1, 0.15) is 52.7 Å². The SMILES string of the molecule is CC(C)(C)C(=C=C(c1ccccc1)c1ccccc1)C(C)(C)C. The summed E-state index contributed by atoms with van der Waals surface area (Å²) < 4.78 is 0. The highest BCUT2D eigenvalue weighted by atomic mass is 14.3. The highest BCUT2D eigenvalue weighted by Gasteiger charge is 2.28. The molecule has 0 spiro atoms. The average molecular weight is 304 g/mol. The van der Waals surface area contributed by atoms with Gasteiger partial charge in [0.25, 0.3) is 0 Å². The maximum atomic E-state index is 3.80. The molecule has 0 N–H and O–H groups in total. The molecule has 0 aromatic heterocycles. The van der Waals surface area contributed by atoms with Crippen LogP contribution in [0.4, 0.5) is 0 Å². The Balaban J connectivity index is 2.83. The quantitative estimate of drug-likeness (QED) is 0.539. The van der Waals surface area contributed by atoms with Crippen molar-refractivity contribution in [1.29, 1.82) is 0 Å². The molecule has 0 aliphatic carbocycles. The third-order valence-electron chi connectivity index (χ3n) is 3.87. The molecule has 0 aliphatic rings. The van der Waals surface area contributed by atoms with Gasteiger partial charge in [-0.2, -0.15) is 0 Å². The van der Waals surface area contributed by atoms with Crippen molar-refractivity contribution in [1.82, 2.24) is 0 Å². The predicted molar refractivity (Wildman–Crippen MR) is 101 cm³/mol. The highest BCUT2D eigenvalue weighted by molar-refractivity contribution is 5.79. The van der Waals surface area contributed by atoms with Crippen molar-refractivity contribution in [2.24, 2.45) is 10.8 Å². The molecule has 0 fully saturated rings. The third kappa shape index (κ3) is 4.47. The normalized spacial score (nSPS) is 11.7.